The molecular weight excluding hydrogens is 396 g/mol. The fourth-order valence-electron chi connectivity index (χ4n) is 4.03. The molecule has 0 aliphatic carbocycles. The predicted octanol–water partition coefficient (Wildman–Crippen LogP) is 4.42. The number of amides is 1. The summed E-state index contributed by atoms with van der Waals surface area (Å²) in [5, 5.41) is 7.52. The van der Waals surface area contributed by atoms with Gasteiger partial charge in [-0.2, -0.15) is 5.10 Å². The van der Waals surface area contributed by atoms with Crippen molar-refractivity contribution in [1.82, 2.24) is 14.7 Å². The van der Waals surface area contributed by atoms with Crippen molar-refractivity contribution < 1.29 is 9.53 Å². The van der Waals surface area contributed by atoms with Gasteiger partial charge in [0, 0.05) is 42.6 Å². The summed E-state index contributed by atoms with van der Waals surface area (Å²) in [6.45, 7) is 5.22. The van der Waals surface area contributed by atoms with E-state index in [9.17, 15) is 4.79 Å². The Morgan fingerprint density at radius 2 is 1.97 bits per heavy atom. The van der Waals surface area contributed by atoms with Crippen molar-refractivity contribution in [3.05, 3.63) is 70.0 Å². The number of ether oxygens (including phenoxy) is 1. The van der Waals surface area contributed by atoms with Crippen LogP contribution in [0.5, 0.6) is 0 Å². The molecule has 2 aromatic heterocycles. The van der Waals surface area contributed by atoms with Gasteiger partial charge in [-0.25, -0.2) is 4.68 Å². The lowest BCUT2D eigenvalue weighted by Gasteiger charge is -2.32. The number of anilines is 1. The first-order chi connectivity index (χ1) is 14.6. The Morgan fingerprint density at radius 1 is 1.20 bits per heavy atom. The molecule has 7 heteroatoms. The van der Waals surface area contributed by atoms with E-state index in [1.807, 2.05) is 52.4 Å². The maximum absolute atomic E-state index is 12.9. The van der Waals surface area contributed by atoms with E-state index in [0.717, 1.165) is 43.9 Å². The van der Waals surface area contributed by atoms with Gasteiger partial charge in [-0.15, -0.1) is 11.3 Å². The number of aromatic nitrogens is 2. The molecule has 1 amide bonds. The van der Waals surface area contributed by atoms with Crippen molar-refractivity contribution in [2.24, 2.45) is 0 Å². The average Bonchev–Trinajstić information content (AvgIpc) is 3.39. The first-order valence-electron chi connectivity index (χ1n) is 10.3. The fourth-order valence-corrected chi connectivity index (χ4v) is 4.96. The van der Waals surface area contributed by atoms with E-state index in [2.05, 4.69) is 34.4 Å². The quantitative estimate of drug-likeness (QED) is 0.610. The summed E-state index contributed by atoms with van der Waals surface area (Å²) >= 11 is 1.87. The Hall–Kier alpha value is -2.48. The number of nitrogens with one attached hydrogen (secondary N) is 1. The molecule has 3 heterocycles. The standard InChI is InChI=1S/C23H28N4O2S/c1-17-8-9-20(30-17)16-26-14-11-19(12-15-26)27-21(10-13-24-27)25-23(28)22(29-2)18-6-4-3-5-7-18/h3-10,13,19,22H,11-12,14-16H2,1-2H3,(H,25,28)/t22-/m1/s1. The van der Waals surface area contributed by atoms with Crippen LogP contribution in [0, 0.1) is 6.92 Å². The molecule has 1 fully saturated rings. The zero-order chi connectivity index (χ0) is 20.9. The van der Waals surface area contributed by atoms with Crippen LogP contribution in [0.3, 0.4) is 0 Å². The Morgan fingerprint density at radius 3 is 2.63 bits per heavy atom. The van der Waals surface area contributed by atoms with E-state index >= 15 is 0 Å². The van der Waals surface area contributed by atoms with Crippen molar-refractivity contribution in [3.8, 4) is 0 Å². The second-order valence-electron chi connectivity index (χ2n) is 7.70. The fraction of sp³-hybridized carbons (Fsp3) is 0.391. The van der Waals surface area contributed by atoms with Crippen molar-refractivity contribution in [1.29, 1.82) is 0 Å². The maximum Gasteiger partial charge on any atom is 0.259 e. The summed E-state index contributed by atoms with van der Waals surface area (Å²) in [7, 11) is 1.55. The molecule has 1 saturated heterocycles. The van der Waals surface area contributed by atoms with Crippen LogP contribution in [-0.4, -0.2) is 40.8 Å². The molecular formula is C23H28N4O2S. The highest BCUT2D eigenvalue weighted by Gasteiger charge is 2.25. The lowest BCUT2D eigenvalue weighted by atomic mass is 10.1. The first kappa shape index (κ1) is 20.8. The molecule has 0 bridgehead atoms. The third kappa shape index (κ3) is 4.80. The summed E-state index contributed by atoms with van der Waals surface area (Å²) in [6, 6.07) is 16.1. The normalized spacial score (nSPS) is 16.5. The van der Waals surface area contributed by atoms with Gasteiger partial charge in [0.25, 0.3) is 5.91 Å². The topological polar surface area (TPSA) is 59.4 Å². The molecule has 0 spiro atoms. The lowest BCUT2D eigenvalue weighted by Crippen LogP contribution is -2.35. The Bertz CT molecular complexity index is 961. The highest BCUT2D eigenvalue weighted by molar-refractivity contribution is 7.11. The summed E-state index contributed by atoms with van der Waals surface area (Å²) in [5.41, 5.74) is 0.834. The van der Waals surface area contributed by atoms with Gasteiger partial charge in [0.1, 0.15) is 5.82 Å². The number of piperidine rings is 1. The highest BCUT2D eigenvalue weighted by Crippen LogP contribution is 2.28. The number of nitrogens with zero attached hydrogens (tertiary/aromatic N) is 3. The number of rotatable bonds is 7. The maximum atomic E-state index is 12.9. The van der Waals surface area contributed by atoms with Crippen LogP contribution in [0.15, 0.2) is 54.7 Å². The van der Waals surface area contributed by atoms with E-state index in [1.54, 1.807) is 13.3 Å². The minimum Gasteiger partial charge on any atom is -0.367 e. The van der Waals surface area contributed by atoms with Gasteiger partial charge >= 0.3 is 0 Å². The van der Waals surface area contributed by atoms with Gasteiger partial charge in [0.05, 0.1) is 12.2 Å². The van der Waals surface area contributed by atoms with Crippen LogP contribution in [0.1, 0.15) is 40.3 Å². The van der Waals surface area contributed by atoms with E-state index in [4.69, 9.17) is 4.74 Å². The number of carbonyl (C=O) groups excluding carboxylic acids is 1. The van der Waals surface area contributed by atoms with Crippen molar-refractivity contribution in [2.75, 3.05) is 25.5 Å². The van der Waals surface area contributed by atoms with Crippen LogP contribution >= 0.6 is 11.3 Å². The van der Waals surface area contributed by atoms with Crippen LogP contribution in [-0.2, 0) is 16.1 Å². The van der Waals surface area contributed by atoms with Gasteiger partial charge in [-0.1, -0.05) is 30.3 Å². The zero-order valence-electron chi connectivity index (χ0n) is 17.5. The molecule has 3 aromatic rings. The Balaban J connectivity index is 1.37. The number of benzene rings is 1. The molecule has 1 aliphatic heterocycles. The van der Waals surface area contributed by atoms with Gasteiger partial charge in [-0.05, 0) is 37.5 Å². The van der Waals surface area contributed by atoms with E-state index in [1.165, 1.54) is 9.75 Å². The summed E-state index contributed by atoms with van der Waals surface area (Å²) in [4.78, 5) is 18.1. The van der Waals surface area contributed by atoms with Crippen LogP contribution in [0.2, 0.25) is 0 Å². The molecule has 0 unspecified atom stereocenters. The highest BCUT2D eigenvalue weighted by atomic mass is 32.1. The molecule has 4 rings (SSSR count). The molecule has 1 aromatic carbocycles. The monoisotopic (exact) mass is 424 g/mol. The minimum absolute atomic E-state index is 0.184. The molecule has 0 saturated carbocycles. The van der Waals surface area contributed by atoms with Crippen molar-refractivity contribution in [2.45, 2.75) is 38.5 Å². The Labute approximate surface area is 181 Å². The van der Waals surface area contributed by atoms with Gasteiger partial charge in [0.2, 0.25) is 0 Å². The molecule has 1 atom stereocenters. The predicted molar refractivity (Wildman–Crippen MR) is 120 cm³/mol. The van der Waals surface area contributed by atoms with Crippen molar-refractivity contribution >= 4 is 23.1 Å². The van der Waals surface area contributed by atoms with Gasteiger partial charge < -0.3 is 10.1 Å². The van der Waals surface area contributed by atoms with Crippen molar-refractivity contribution in [3.63, 3.8) is 0 Å². The van der Waals surface area contributed by atoms with E-state index in [-0.39, 0.29) is 11.9 Å². The third-order valence-corrected chi connectivity index (χ3v) is 6.56. The average molecular weight is 425 g/mol. The van der Waals surface area contributed by atoms with E-state index < -0.39 is 6.10 Å². The second-order valence-corrected chi connectivity index (χ2v) is 9.07. The Kier molecular flexibility index (Phi) is 6.62. The largest absolute Gasteiger partial charge is 0.367 e. The summed E-state index contributed by atoms with van der Waals surface area (Å²) < 4.78 is 7.42. The summed E-state index contributed by atoms with van der Waals surface area (Å²) in [5.74, 6) is 0.543. The first-order valence-corrected chi connectivity index (χ1v) is 11.2. The molecule has 0 radical (unpaired) electrons. The smallest absolute Gasteiger partial charge is 0.259 e. The molecule has 30 heavy (non-hydrogen) atoms. The van der Waals surface area contributed by atoms with Gasteiger partial charge in [0.15, 0.2) is 6.10 Å². The van der Waals surface area contributed by atoms with E-state index in [0.29, 0.717) is 0 Å². The van der Waals surface area contributed by atoms with Crippen LogP contribution < -0.4 is 5.32 Å². The minimum atomic E-state index is -0.648. The number of aryl methyl sites for hydroxylation is 1. The molecule has 158 valence electrons. The number of likely N-dealkylation sites (tertiary alicyclic amines) is 1. The zero-order valence-corrected chi connectivity index (χ0v) is 18.3. The SMILES string of the molecule is CO[C@@H](C(=O)Nc1ccnn1C1CCN(Cc2ccc(C)s2)CC1)c1ccccc1. The van der Waals surface area contributed by atoms with Crippen LogP contribution in [0.4, 0.5) is 5.82 Å². The molecule has 1 aliphatic rings. The number of hydrogen-bond donors (Lipinski definition) is 1. The second kappa shape index (κ2) is 9.55. The number of thiophene rings is 1. The number of carbonyl (C=O) groups is 1. The van der Waals surface area contributed by atoms with Crippen LogP contribution in [0.25, 0.3) is 0 Å². The molecule has 1 N–H and O–H groups in total. The van der Waals surface area contributed by atoms with Gasteiger partial charge in [-0.3, -0.25) is 9.69 Å². The summed E-state index contributed by atoms with van der Waals surface area (Å²) in [6.07, 6.45) is 3.13. The number of hydrogen-bond acceptors (Lipinski definition) is 5. The third-order valence-electron chi connectivity index (χ3n) is 5.58. The molecule has 6 nitrogen and oxygen atoms in total. The number of methoxy groups -OCH3 is 1. The lowest BCUT2D eigenvalue weighted by molar-refractivity contribution is -0.126.